The summed E-state index contributed by atoms with van der Waals surface area (Å²) in [6.45, 7) is 7.94. The van der Waals surface area contributed by atoms with E-state index >= 15 is 0 Å². The maximum Gasteiger partial charge on any atom is 0.242 e. The standard InChI is InChI=1S/C20H26N6O/c1-13(2)20-22-16-8-4-5-9-17(16)26(20)12-18(27)25-10-6-7-15(11-25)19-21-14(3)23-24-19/h4-5,8-9,13,15H,6-7,10-12H2,1-3H3,(H,21,23,24)/t15-/m0/s1. The van der Waals surface area contributed by atoms with Crippen molar-refractivity contribution < 1.29 is 4.79 Å². The Kier molecular flexibility index (Phi) is 4.68. The fraction of sp³-hybridized carbons (Fsp3) is 0.500. The van der Waals surface area contributed by atoms with Crippen LogP contribution in [0.25, 0.3) is 11.0 Å². The summed E-state index contributed by atoms with van der Waals surface area (Å²) < 4.78 is 2.07. The molecule has 1 amide bonds. The van der Waals surface area contributed by atoms with Gasteiger partial charge in [0, 0.05) is 24.9 Å². The van der Waals surface area contributed by atoms with E-state index in [1.807, 2.05) is 36.1 Å². The molecule has 7 heteroatoms. The van der Waals surface area contributed by atoms with E-state index in [9.17, 15) is 4.79 Å². The summed E-state index contributed by atoms with van der Waals surface area (Å²) >= 11 is 0. The minimum Gasteiger partial charge on any atom is -0.340 e. The Balaban J connectivity index is 1.55. The van der Waals surface area contributed by atoms with E-state index in [4.69, 9.17) is 4.98 Å². The molecule has 0 bridgehead atoms. The van der Waals surface area contributed by atoms with Gasteiger partial charge in [0.15, 0.2) is 5.82 Å². The number of imidazole rings is 1. The van der Waals surface area contributed by atoms with Crippen LogP contribution >= 0.6 is 0 Å². The number of aryl methyl sites for hydroxylation is 1. The van der Waals surface area contributed by atoms with Crippen LogP contribution in [0.5, 0.6) is 0 Å². The maximum absolute atomic E-state index is 13.1. The lowest BCUT2D eigenvalue weighted by Gasteiger charge is -2.32. The molecule has 3 heterocycles. The van der Waals surface area contributed by atoms with Gasteiger partial charge in [-0.1, -0.05) is 26.0 Å². The third-order valence-electron chi connectivity index (χ3n) is 5.25. The van der Waals surface area contributed by atoms with Crippen LogP contribution in [0.1, 0.15) is 56.0 Å². The molecule has 1 fully saturated rings. The number of carbonyl (C=O) groups is 1. The molecule has 0 unspecified atom stereocenters. The van der Waals surface area contributed by atoms with Gasteiger partial charge in [-0.25, -0.2) is 9.97 Å². The lowest BCUT2D eigenvalue weighted by Crippen LogP contribution is -2.41. The predicted octanol–water partition coefficient (Wildman–Crippen LogP) is 2.99. The van der Waals surface area contributed by atoms with Gasteiger partial charge in [0.1, 0.15) is 18.2 Å². The topological polar surface area (TPSA) is 79.7 Å². The lowest BCUT2D eigenvalue weighted by molar-refractivity contribution is -0.133. The zero-order chi connectivity index (χ0) is 19.0. The summed E-state index contributed by atoms with van der Waals surface area (Å²) in [5.74, 6) is 3.20. The highest BCUT2D eigenvalue weighted by molar-refractivity contribution is 5.81. The molecular weight excluding hydrogens is 340 g/mol. The zero-order valence-electron chi connectivity index (χ0n) is 16.1. The summed E-state index contributed by atoms with van der Waals surface area (Å²) in [6, 6.07) is 8.03. The molecule has 27 heavy (non-hydrogen) atoms. The molecule has 1 aliphatic heterocycles. The van der Waals surface area contributed by atoms with E-state index in [0.717, 1.165) is 47.9 Å². The van der Waals surface area contributed by atoms with Gasteiger partial charge in [-0.05, 0) is 31.9 Å². The number of hydrogen-bond acceptors (Lipinski definition) is 4. The van der Waals surface area contributed by atoms with Crippen LogP contribution in [0.15, 0.2) is 24.3 Å². The number of piperidine rings is 1. The quantitative estimate of drug-likeness (QED) is 0.770. The number of likely N-dealkylation sites (tertiary alicyclic amines) is 1. The Labute approximate surface area is 158 Å². The summed E-state index contributed by atoms with van der Waals surface area (Å²) in [5.41, 5.74) is 1.97. The Morgan fingerprint density at radius 2 is 2.11 bits per heavy atom. The first kappa shape index (κ1) is 17.7. The number of nitrogens with zero attached hydrogens (tertiary/aromatic N) is 5. The third-order valence-corrected chi connectivity index (χ3v) is 5.25. The van der Waals surface area contributed by atoms with Crippen LogP contribution in [0, 0.1) is 6.92 Å². The average Bonchev–Trinajstić information content (AvgIpc) is 3.26. The van der Waals surface area contributed by atoms with Crippen LogP contribution < -0.4 is 0 Å². The monoisotopic (exact) mass is 366 g/mol. The fourth-order valence-electron chi connectivity index (χ4n) is 3.89. The van der Waals surface area contributed by atoms with Gasteiger partial charge >= 0.3 is 0 Å². The summed E-state index contributed by atoms with van der Waals surface area (Å²) in [6.07, 6.45) is 2.00. The van der Waals surface area contributed by atoms with E-state index in [-0.39, 0.29) is 17.7 Å². The molecule has 0 aliphatic carbocycles. The highest BCUT2D eigenvalue weighted by Crippen LogP contribution is 2.26. The fourth-order valence-corrected chi connectivity index (χ4v) is 3.89. The number of fused-ring (bicyclic) bond motifs is 1. The molecule has 0 spiro atoms. The van der Waals surface area contributed by atoms with Gasteiger partial charge in [-0.3, -0.25) is 9.89 Å². The second-order valence-electron chi connectivity index (χ2n) is 7.66. The summed E-state index contributed by atoms with van der Waals surface area (Å²) in [7, 11) is 0. The van der Waals surface area contributed by atoms with Crippen molar-refractivity contribution in [2.24, 2.45) is 0 Å². The Morgan fingerprint density at radius 1 is 1.30 bits per heavy atom. The smallest absolute Gasteiger partial charge is 0.242 e. The molecule has 1 atom stereocenters. The molecule has 4 rings (SSSR count). The van der Waals surface area contributed by atoms with Gasteiger partial charge in [-0.2, -0.15) is 5.10 Å². The van der Waals surface area contributed by atoms with E-state index in [2.05, 4.69) is 33.6 Å². The summed E-state index contributed by atoms with van der Waals surface area (Å²) in [4.78, 5) is 24.3. The van der Waals surface area contributed by atoms with Crippen molar-refractivity contribution in [2.45, 2.75) is 52.0 Å². The molecule has 3 aromatic rings. The molecule has 1 N–H and O–H groups in total. The van der Waals surface area contributed by atoms with Crippen LogP contribution in [-0.2, 0) is 11.3 Å². The van der Waals surface area contributed by atoms with Crippen LogP contribution in [0.4, 0.5) is 0 Å². The highest BCUT2D eigenvalue weighted by Gasteiger charge is 2.28. The number of amides is 1. The van der Waals surface area contributed by atoms with Gasteiger partial charge in [0.25, 0.3) is 0 Å². The largest absolute Gasteiger partial charge is 0.340 e. The SMILES string of the molecule is Cc1nc([C@H]2CCCN(C(=O)Cn3c(C(C)C)nc4ccccc43)C2)n[nH]1. The molecule has 2 aromatic heterocycles. The Hall–Kier alpha value is -2.70. The van der Waals surface area contributed by atoms with Crippen molar-refractivity contribution in [1.29, 1.82) is 0 Å². The molecular formula is C20H26N6O. The molecule has 1 aliphatic rings. The number of hydrogen-bond donors (Lipinski definition) is 1. The first-order valence-electron chi connectivity index (χ1n) is 9.64. The van der Waals surface area contributed by atoms with Crippen molar-refractivity contribution in [3.05, 3.63) is 41.7 Å². The number of aromatic nitrogens is 5. The lowest BCUT2D eigenvalue weighted by atomic mass is 9.97. The normalized spacial score (nSPS) is 17.8. The predicted molar refractivity (Wildman–Crippen MR) is 103 cm³/mol. The van der Waals surface area contributed by atoms with E-state index in [0.29, 0.717) is 13.1 Å². The van der Waals surface area contributed by atoms with Gasteiger partial charge in [0.05, 0.1) is 11.0 Å². The number of carbonyl (C=O) groups excluding carboxylic acids is 1. The first-order valence-corrected chi connectivity index (χ1v) is 9.64. The van der Waals surface area contributed by atoms with Crippen molar-refractivity contribution in [3.63, 3.8) is 0 Å². The second-order valence-corrected chi connectivity index (χ2v) is 7.66. The minimum absolute atomic E-state index is 0.136. The molecule has 1 saturated heterocycles. The van der Waals surface area contributed by atoms with Crippen molar-refractivity contribution in [1.82, 2.24) is 29.6 Å². The van der Waals surface area contributed by atoms with E-state index in [1.165, 1.54) is 0 Å². The number of H-pyrrole nitrogens is 1. The highest BCUT2D eigenvalue weighted by atomic mass is 16.2. The zero-order valence-corrected chi connectivity index (χ0v) is 16.1. The van der Waals surface area contributed by atoms with E-state index < -0.39 is 0 Å². The molecule has 1 aromatic carbocycles. The van der Waals surface area contributed by atoms with Crippen molar-refractivity contribution in [3.8, 4) is 0 Å². The molecule has 0 radical (unpaired) electrons. The van der Waals surface area contributed by atoms with Crippen molar-refractivity contribution >= 4 is 16.9 Å². The number of para-hydroxylation sites is 2. The Bertz CT molecular complexity index is 956. The van der Waals surface area contributed by atoms with Crippen LogP contribution in [-0.4, -0.2) is 48.6 Å². The van der Waals surface area contributed by atoms with Crippen LogP contribution in [0.3, 0.4) is 0 Å². The minimum atomic E-state index is 0.136. The molecule has 142 valence electrons. The molecule has 0 saturated carbocycles. The van der Waals surface area contributed by atoms with Gasteiger partial charge in [0.2, 0.25) is 5.91 Å². The average molecular weight is 366 g/mol. The number of rotatable bonds is 4. The number of nitrogens with one attached hydrogen (secondary N) is 1. The second kappa shape index (κ2) is 7.13. The maximum atomic E-state index is 13.1. The number of benzene rings is 1. The molecule has 7 nitrogen and oxygen atoms in total. The summed E-state index contributed by atoms with van der Waals surface area (Å²) in [5, 5.41) is 7.21. The van der Waals surface area contributed by atoms with Gasteiger partial charge in [-0.15, -0.1) is 0 Å². The Morgan fingerprint density at radius 3 is 2.85 bits per heavy atom. The van der Waals surface area contributed by atoms with Gasteiger partial charge < -0.3 is 9.47 Å². The first-order chi connectivity index (χ1) is 13.0. The van der Waals surface area contributed by atoms with E-state index in [1.54, 1.807) is 0 Å². The third kappa shape index (κ3) is 3.46. The van der Waals surface area contributed by atoms with Crippen LogP contribution in [0.2, 0.25) is 0 Å². The van der Waals surface area contributed by atoms with Crippen molar-refractivity contribution in [2.75, 3.05) is 13.1 Å². The number of aromatic amines is 1.